The van der Waals surface area contributed by atoms with Gasteiger partial charge in [0.1, 0.15) is 6.29 Å². The summed E-state index contributed by atoms with van der Waals surface area (Å²) in [6.07, 6.45) is 2.25. The van der Waals surface area contributed by atoms with E-state index in [9.17, 15) is 4.79 Å². The van der Waals surface area contributed by atoms with E-state index in [0.717, 1.165) is 24.7 Å². The van der Waals surface area contributed by atoms with E-state index in [1.165, 1.54) is 0 Å². The van der Waals surface area contributed by atoms with Gasteiger partial charge in [-0.05, 0) is 18.4 Å². The molecule has 2 atom stereocenters. The molecule has 0 spiro atoms. The number of rotatable bonds is 8. The molecule has 0 aromatic heterocycles. The molecule has 17 heavy (non-hydrogen) atoms. The number of hydrogen-bond donors (Lipinski definition) is 0. The van der Waals surface area contributed by atoms with Crippen molar-refractivity contribution in [1.29, 1.82) is 0 Å². The lowest BCUT2D eigenvalue weighted by Gasteiger charge is -2.17. The minimum atomic E-state index is -0.238. The third-order valence-electron chi connectivity index (χ3n) is 2.63. The van der Waals surface area contributed by atoms with Gasteiger partial charge < -0.3 is 14.3 Å². The minimum absolute atomic E-state index is 0.0629. The van der Waals surface area contributed by atoms with Crippen molar-refractivity contribution >= 4 is 6.29 Å². The van der Waals surface area contributed by atoms with E-state index in [2.05, 4.69) is 0 Å². The average molecular weight is 236 g/mol. The Labute approximate surface area is 103 Å². The van der Waals surface area contributed by atoms with Crippen molar-refractivity contribution < 1.29 is 14.3 Å². The standard InChI is InChI=1S/C14H20O3/c1-12(10-15)8-9-14(16-2)17-11-13-6-4-3-5-7-13/h3-7,10,12,14H,8-9,11H2,1-2H3. The van der Waals surface area contributed by atoms with E-state index in [1.54, 1.807) is 7.11 Å². The molecule has 3 heteroatoms. The van der Waals surface area contributed by atoms with Crippen LogP contribution in [0.2, 0.25) is 0 Å². The second-order valence-corrected chi connectivity index (χ2v) is 4.15. The van der Waals surface area contributed by atoms with Gasteiger partial charge in [-0.1, -0.05) is 37.3 Å². The van der Waals surface area contributed by atoms with Crippen molar-refractivity contribution in [1.82, 2.24) is 0 Å². The van der Waals surface area contributed by atoms with E-state index in [1.807, 2.05) is 37.3 Å². The van der Waals surface area contributed by atoms with E-state index in [-0.39, 0.29) is 12.2 Å². The van der Waals surface area contributed by atoms with Gasteiger partial charge in [0.15, 0.2) is 6.29 Å². The van der Waals surface area contributed by atoms with Crippen LogP contribution in [0.5, 0.6) is 0 Å². The zero-order valence-corrected chi connectivity index (χ0v) is 10.5. The molecule has 0 heterocycles. The molecular weight excluding hydrogens is 216 g/mol. The van der Waals surface area contributed by atoms with Gasteiger partial charge in [-0.15, -0.1) is 0 Å². The fraction of sp³-hybridized carbons (Fsp3) is 0.500. The topological polar surface area (TPSA) is 35.5 Å². The molecule has 0 amide bonds. The second kappa shape index (κ2) is 7.98. The van der Waals surface area contributed by atoms with Crippen LogP contribution < -0.4 is 0 Å². The van der Waals surface area contributed by atoms with Gasteiger partial charge in [0.25, 0.3) is 0 Å². The van der Waals surface area contributed by atoms with Crippen molar-refractivity contribution in [3.8, 4) is 0 Å². The first kappa shape index (κ1) is 13.9. The monoisotopic (exact) mass is 236 g/mol. The predicted molar refractivity (Wildman–Crippen MR) is 66.5 cm³/mol. The lowest BCUT2D eigenvalue weighted by atomic mass is 10.1. The first-order valence-electron chi connectivity index (χ1n) is 5.90. The van der Waals surface area contributed by atoms with E-state index < -0.39 is 0 Å². The van der Waals surface area contributed by atoms with Crippen LogP contribution in [0.25, 0.3) is 0 Å². The second-order valence-electron chi connectivity index (χ2n) is 4.15. The number of carbonyl (C=O) groups excluding carboxylic acids is 1. The maximum Gasteiger partial charge on any atom is 0.157 e. The molecule has 0 bridgehead atoms. The normalized spacial score (nSPS) is 14.2. The quantitative estimate of drug-likeness (QED) is 0.514. The molecule has 0 fully saturated rings. The summed E-state index contributed by atoms with van der Waals surface area (Å²) in [5.41, 5.74) is 1.12. The number of ether oxygens (including phenoxy) is 2. The van der Waals surface area contributed by atoms with Gasteiger partial charge in [-0.3, -0.25) is 0 Å². The van der Waals surface area contributed by atoms with Gasteiger partial charge >= 0.3 is 0 Å². The lowest BCUT2D eigenvalue weighted by Crippen LogP contribution is -2.16. The molecule has 0 aliphatic carbocycles. The Kier molecular flexibility index (Phi) is 6.51. The Morgan fingerprint density at radius 3 is 2.53 bits per heavy atom. The van der Waals surface area contributed by atoms with Gasteiger partial charge in [-0.25, -0.2) is 0 Å². The summed E-state index contributed by atoms with van der Waals surface area (Å²) in [5.74, 6) is 0.0629. The molecule has 0 saturated carbocycles. The highest BCUT2D eigenvalue weighted by atomic mass is 16.7. The Bertz CT molecular complexity index is 311. The van der Waals surface area contributed by atoms with Crippen molar-refractivity contribution in [2.45, 2.75) is 32.7 Å². The molecule has 0 aliphatic rings. The SMILES string of the molecule is COC(CCC(C)C=O)OCc1ccccc1. The van der Waals surface area contributed by atoms with E-state index in [4.69, 9.17) is 9.47 Å². The molecule has 1 aromatic rings. The molecule has 0 saturated heterocycles. The zero-order chi connectivity index (χ0) is 12.5. The van der Waals surface area contributed by atoms with Gasteiger partial charge in [0, 0.05) is 13.0 Å². The maximum absolute atomic E-state index is 10.5. The molecule has 3 nitrogen and oxygen atoms in total. The van der Waals surface area contributed by atoms with E-state index in [0.29, 0.717) is 6.61 Å². The first-order valence-corrected chi connectivity index (χ1v) is 5.90. The highest BCUT2D eigenvalue weighted by molar-refractivity contribution is 5.52. The van der Waals surface area contributed by atoms with Crippen LogP contribution in [-0.4, -0.2) is 19.7 Å². The summed E-state index contributed by atoms with van der Waals surface area (Å²) >= 11 is 0. The number of hydrogen-bond acceptors (Lipinski definition) is 3. The summed E-state index contributed by atoms with van der Waals surface area (Å²) in [7, 11) is 1.63. The van der Waals surface area contributed by atoms with Crippen molar-refractivity contribution in [2.75, 3.05) is 7.11 Å². The fourth-order valence-electron chi connectivity index (χ4n) is 1.50. The van der Waals surface area contributed by atoms with Crippen LogP contribution in [0, 0.1) is 5.92 Å². The maximum atomic E-state index is 10.5. The molecule has 2 unspecified atom stereocenters. The largest absolute Gasteiger partial charge is 0.356 e. The Hall–Kier alpha value is -1.19. The summed E-state index contributed by atoms with van der Waals surface area (Å²) in [6, 6.07) is 9.97. The molecular formula is C14H20O3. The van der Waals surface area contributed by atoms with Gasteiger partial charge in [0.05, 0.1) is 6.61 Å². The number of carbonyl (C=O) groups is 1. The molecule has 1 aromatic carbocycles. The van der Waals surface area contributed by atoms with Crippen LogP contribution in [0.3, 0.4) is 0 Å². The smallest absolute Gasteiger partial charge is 0.157 e. The molecule has 0 radical (unpaired) electrons. The van der Waals surface area contributed by atoms with Crippen LogP contribution in [-0.2, 0) is 20.9 Å². The third-order valence-corrected chi connectivity index (χ3v) is 2.63. The highest BCUT2D eigenvalue weighted by Gasteiger charge is 2.10. The number of benzene rings is 1. The van der Waals surface area contributed by atoms with Crippen molar-refractivity contribution in [2.24, 2.45) is 5.92 Å². The summed E-state index contributed by atoms with van der Waals surface area (Å²) in [6.45, 7) is 2.44. The van der Waals surface area contributed by atoms with Crippen LogP contribution in [0.15, 0.2) is 30.3 Å². The Morgan fingerprint density at radius 2 is 1.94 bits per heavy atom. The van der Waals surface area contributed by atoms with Crippen LogP contribution in [0.1, 0.15) is 25.3 Å². The summed E-state index contributed by atoms with van der Waals surface area (Å²) in [4.78, 5) is 10.5. The minimum Gasteiger partial charge on any atom is -0.356 e. The van der Waals surface area contributed by atoms with Crippen molar-refractivity contribution in [3.63, 3.8) is 0 Å². The lowest BCUT2D eigenvalue weighted by molar-refractivity contribution is -0.137. The third kappa shape index (κ3) is 5.61. The molecule has 0 N–H and O–H groups in total. The van der Waals surface area contributed by atoms with Crippen LogP contribution >= 0.6 is 0 Å². The average Bonchev–Trinajstić information content (AvgIpc) is 2.39. The van der Waals surface area contributed by atoms with Crippen molar-refractivity contribution in [3.05, 3.63) is 35.9 Å². The highest BCUT2D eigenvalue weighted by Crippen LogP contribution is 2.11. The predicted octanol–water partition coefficient (Wildman–Crippen LogP) is 2.79. The summed E-state index contributed by atoms with van der Waals surface area (Å²) < 4.78 is 10.9. The zero-order valence-electron chi connectivity index (χ0n) is 10.5. The number of aldehydes is 1. The van der Waals surface area contributed by atoms with Gasteiger partial charge in [0.2, 0.25) is 0 Å². The van der Waals surface area contributed by atoms with E-state index >= 15 is 0 Å². The fourth-order valence-corrected chi connectivity index (χ4v) is 1.50. The van der Waals surface area contributed by atoms with Crippen LogP contribution in [0.4, 0.5) is 0 Å². The molecule has 0 aliphatic heterocycles. The Balaban J connectivity index is 2.30. The Morgan fingerprint density at radius 1 is 1.24 bits per heavy atom. The number of methoxy groups -OCH3 is 1. The molecule has 94 valence electrons. The molecule has 1 rings (SSSR count). The summed E-state index contributed by atoms with van der Waals surface area (Å²) in [5, 5.41) is 0. The first-order chi connectivity index (χ1) is 8.26. The van der Waals surface area contributed by atoms with Gasteiger partial charge in [-0.2, -0.15) is 0 Å².